The molecule has 1 aliphatic rings. The van der Waals surface area contributed by atoms with E-state index in [4.69, 9.17) is 9.47 Å². The van der Waals surface area contributed by atoms with E-state index in [9.17, 15) is 9.90 Å². The molecule has 0 radical (unpaired) electrons. The highest BCUT2D eigenvalue weighted by atomic mass is 32.1. The van der Waals surface area contributed by atoms with Crippen molar-refractivity contribution in [3.05, 3.63) is 59.1 Å². The maximum Gasteiger partial charge on any atom is 0.273 e. The lowest BCUT2D eigenvalue weighted by Gasteiger charge is -2.31. The normalized spacial score (nSPS) is 14.5. The summed E-state index contributed by atoms with van der Waals surface area (Å²) in [6, 6.07) is 13.0. The van der Waals surface area contributed by atoms with E-state index in [1.807, 2.05) is 40.6 Å². The van der Waals surface area contributed by atoms with Gasteiger partial charge in [0.05, 0.1) is 14.2 Å². The van der Waals surface area contributed by atoms with Crippen LogP contribution in [0.5, 0.6) is 17.2 Å². The number of amides is 1. The number of aromatic hydroxyl groups is 1. The summed E-state index contributed by atoms with van der Waals surface area (Å²) in [5.41, 5.74) is 2.58. The van der Waals surface area contributed by atoms with Crippen LogP contribution in [0.2, 0.25) is 0 Å². The second-order valence-electron chi connectivity index (χ2n) is 7.27. The molecule has 1 saturated heterocycles. The number of thiazole rings is 1. The zero-order chi connectivity index (χ0) is 21.1. The van der Waals surface area contributed by atoms with E-state index >= 15 is 0 Å². The van der Waals surface area contributed by atoms with Gasteiger partial charge in [-0.1, -0.05) is 12.1 Å². The van der Waals surface area contributed by atoms with Crippen LogP contribution in [0.15, 0.2) is 47.8 Å². The zero-order valence-electron chi connectivity index (χ0n) is 17.0. The number of ether oxygens (including phenoxy) is 2. The van der Waals surface area contributed by atoms with Crippen LogP contribution in [0, 0.1) is 0 Å². The molecule has 0 unspecified atom stereocenters. The van der Waals surface area contributed by atoms with Crippen molar-refractivity contribution in [3.8, 4) is 27.8 Å². The number of carbonyl (C=O) groups is 1. The SMILES string of the molecule is COc1ccc(-c2nc(C(=O)N3CCC(c4ccc(O)cc4)CC3)cs2)cc1OC. The first-order valence-corrected chi connectivity index (χ1v) is 10.7. The van der Waals surface area contributed by atoms with Crippen LogP contribution in [0.25, 0.3) is 10.6 Å². The highest BCUT2D eigenvalue weighted by molar-refractivity contribution is 7.13. The van der Waals surface area contributed by atoms with E-state index < -0.39 is 0 Å². The van der Waals surface area contributed by atoms with Crippen molar-refractivity contribution in [2.24, 2.45) is 0 Å². The summed E-state index contributed by atoms with van der Waals surface area (Å²) < 4.78 is 10.6. The van der Waals surface area contributed by atoms with Crippen molar-refractivity contribution in [1.82, 2.24) is 9.88 Å². The van der Waals surface area contributed by atoms with Gasteiger partial charge in [0.25, 0.3) is 5.91 Å². The Bertz CT molecular complexity index is 1020. The van der Waals surface area contributed by atoms with E-state index in [2.05, 4.69) is 4.98 Å². The van der Waals surface area contributed by atoms with Crippen LogP contribution in [-0.2, 0) is 0 Å². The van der Waals surface area contributed by atoms with Gasteiger partial charge in [0, 0.05) is 24.0 Å². The minimum Gasteiger partial charge on any atom is -0.508 e. The number of carbonyl (C=O) groups excluding carboxylic acids is 1. The predicted octanol–water partition coefficient (Wildman–Crippen LogP) is 4.55. The fourth-order valence-corrected chi connectivity index (χ4v) is 4.59. The maximum absolute atomic E-state index is 12.9. The number of aromatic nitrogens is 1. The van der Waals surface area contributed by atoms with Crippen LogP contribution in [0.4, 0.5) is 0 Å². The largest absolute Gasteiger partial charge is 0.508 e. The van der Waals surface area contributed by atoms with Crippen LogP contribution < -0.4 is 9.47 Å². The molecule has 0 aliphatic carbocycles. The van der Waals surface area contributed by atoms with Gasteiger partial charge >= 0.3 is 0 Å². The average molecular weight is 425 g/mol. The fourth-order valence-electron chi connectivity index (χ4n) is 3.80. The summed E-state index contributed by atoms with van der Waals surface area (Å²) in [5.74, 6) is 1.95. The van der Waals surface area contributed by atoms with E-state index in [0.717, 1.165) is 23.4 Å². The quantitative estimate of drug-likeness (QED) is 0.650. The summed E-state index contributed by atoms with van der Waals surface area (Å²) in [4.78, 5) is 19.4. The molecule has 0 saturated carbocycles. The third-order valence-electron chi connectivity index (χ3n) is 5.50. The highest BCUT2D eigenvalue weighted by Gasteiger charge is 2.26. The van der Waals surface area contributed by atoms with Crippen LogP contribution in [-0.4, -0.2) is 48.2 Å². The van der Waals surface area contributed by atoms with Crippen molar-refractivity contribution in [3.63, 3.8) is 0 Å². The van der Waals surface area contributed by atoms with Crippen LogP contribution >= 0.6 is 11.3 Å². The van der Waals surface area contributed by atoms with Gasteiger partial charge in [0.15, 0.2) is 11.5 Å². The van der Waals surface area contributed by atoms with Crippen molar-refractivity contribution < 1.29 is 19.4 Å². The fraction of sp³-hybridized carbons (Fsp3) is 0.304. The summed E-state index contributed by atoms with van der Waals surface area (Å²) in [7, 11) is 3.20. The molecule has 2 aromatic carbocycles. The van der Waals surface area contributed by atoms with Gasteiger partial charge in [0.1, 0.15) is 16.5 Å². The molecule has 1 aromatic heterocycles. The van der Waals surface area contributed by atoms with Crippen molar-refractivity contribution >= 4 is 17.2 Å². The number of benzene rings is 2. The molecule has 1 amide bonds. The molecule has 0 spiro atoms. The maximum atomic E-state index is 12.9. The third kappa shape index (κ3) is 4.11. The van der Waals surface area contributed by atoms with E-state index in [1.165, 1.54) is 16.9 Å². The molecular weight excluding hydrogens is 400 g/mol. The Hall–Kier alpha value is -3.06. The number of methoxy groups -OCH3 is 2. The Kier molecular flexibility index (Phi) is 5.90. The Balaban J connectivity index is 1.43. The summed E-state index contributed by atoms with van der Waals surface area (Å²) in [6.07, 6.45) is 1.81. The Morgan fingerprint density at radius 2 is 1.77 bits per heavy atom. The molecule has 7 heteroatoms. The van der Waals surface area contributed by atoms with Crippen molar-refractivity contribution in [2.45, 2.75) is 18.8 Å². The third-order valence-corrected chi connectivity index (χ3v) is 6.39. The van der Waals surface area contributed by atoms with Gasteiger partial charge in [0.2, 0.25) is 0 Å². The van der Waals surface area contributed by atoms with E-state index in [0.29, 0.717) is 36.2 Å². The number of rotatable bonds is 5. The van der Waals surface area contributed by atoms with Gasteiger partial charge in [-0.15, -0.1) is 11.3 Å². The molecule has 0 atom stereocenters. The summed E-state index contributed by atoms with van der Waals surface area (Å²) in [5, 5.41) is 12.1. The number of phenols is 1. The smallest absolute Gasteiger partial charge is 0.273 e. The Labute approximate surface area is 179 Å². The molecule has 0 bridgehead atoms. The minimum atomic E-state index is -0.0258. The van der Waals surface area contributed by atoms with Gasteiger partial charge in [-0.05, 0) is 54.7 Å². The minimum absolute atomic E-state index is 0.0258. The number of hydrogen-bond acceptors (Lipinski definition) is 6. The molecule has 1 aliphatic heterocycles. The van der Waals surface area contributed by atoms with Crippen LogP contribution in [0.3, 0.4) is 0 Å². The molecule has 3 aromatic rings. The van der Waals surface area contributed by atoms with Gasteiger partial charge in [-0.3, -0.25) is 4.79 Å². The number of phenolic OH excluding ortho intramolecular Hbond substituents is 1. The summed E-state index contributed by atoms with van der Waals surface area (Å²) in [6.45, 7) is 1.40. The standard InChI is InChI=1S/C23H24N2O4S/c1-28-20-8-5-17(13-21(20)29-2)22-24-19(14-30-22)23(27)25-11-9-16(10-12-25)15-3-6-18(26)7-4-15/h3-8,13-14,16,26H,9-12H2,1-2H3. The molecule has 6 nitrogen and oxygen atoms in total. The van der Waals surface area contributed by atoms with Gasteiger partial charge in [-0.25, -0.2) is 4.98 Å². The van der Waals surface area contributed by atoms with Gasteiger partial charge < -0.3 is 19.5 Å². The van der Waals surface area contributed by atoms with Crippen LogP contribution in [0.1, 0.15) is 34.8 Å². The lowest BCUT2D eigenvalue weighted by molar-refractivity contribution is 0.0708. The monoisotopic (exact) mass is 424 g/mol. The molecule has 1 N–H and O–H groups in total. The lowest BCUT2D eigenvalue weighted by Crippen LogP contribution is -2.38. The Morgan fingerprint density at radius 1 is 1.07 bits per heavy atom. The molecule has 4 rings (SSSR count). The van der Waals surface area contributed by atoms with Gasteiger partial charge in [-0.2, -0.15) is 0 Å². The second-order valence-corrected chi connectivity index (χ2v) is 8.12. The van der Waals surface area contributed by atoms with Crippen molar-refractivity contribution in [2.75, 3.05) is 27.3 Å². The molecule has 1 fully saturated rings. The lowest BCUT2D eigenvalue weighted by atomic mass is 9.89. The topological polar surface area (TPSA) is 71.9 Å². The number of nitrogens with zero attached hydrogens (tertiary/aromatic N) is 2. The van der Waals surface area contributed by atoms with E-state index in [-0.39, 0.29) is 11.7 Å². The highest BCUT2D eigenvalue weighted by Crippen LogP contribution is 2.34. The Morgan fingerprint density at radius 3 is 2.43 bits per heavy atom. The zero-order valence-corrected chi connectivity index (χ0v) is 17.8. The predicted molar refractivity (Wildman–Crippen MR) is 117 cm³/mol. The molecular formula is C23H24N2O4S. The first kappa shape index (κ1) is 20.2. The molecule has 156 valence electrons. The summed E-state index contributed by atoms with van der Waals surface area (Å²) >= 11 is 1.45. The first-order valence-electron chi connectivity index (χ1n) is 9.85. The number of likely N-dealkylation sites (tertiary alicyclic amines) is 1. The van der Waals surface area contributed by atoms with E-state index in [1.54, 1.807) is 26.4 Å². The second kappa shape index (κ2) is 8.75. The molecule has 30 heavy (non-hydrogen) atoms. The first-order chi connectivity index (χ1) is 14.6. The number of piperidine rings is 1. The molecule has 2 heterocycles. The average Bonchev–Trinajstić information content (AvgIpc) is 3.29. The van der Waals surface area contributed by atoms with Crippen molar-refractivity contribution in [1.29, 1.82) is 0 Å². The number of hydrogen-bond donors (Lipinski definition) is 1.